The van der Waals surface area contributed by atoms with E-state index in [9.17, 15) is 9.59 Å². The highest BCUT2D eigenvalue weighted by atomic mass is 16.5. The Hall–Kier alpha value is -3.00. The minimum atomic E-state index is -0.664. The molecule has 3 aliphatic heterocycles. The molecular weight excluding hydrogens is 382 g/mol. The molecule has 5 heterocycles. The molecule has 2 amide bonds. The summed E-state index contributed by atoms with van der Waals surface area (Å²) in [6.07, 6.45) is 11.5. The van der Waals surface area contributed by atoms with Crippen LogP contribution in [0.25, 0.3) is 0 Å². The Morgan fingerprint density at radius 1 is 1.30 bits per heavy atom. The molecule has 30 heavy (non-hydrogen) atoms. The molecule has 5 rings (SSSR count). The van der Waals surface area contributed by atoms with Gasteiger partial charge in [0.1, 0.15) is 5.60 Å². The Kier molecular flexibility index (Phi) is 4.66. The molecule has 2 saturated heterocycles. The Balaban J connectivity index is 1.28. The van der Waals surface area contributed by atoms with E-state index in [4.69, 9.17) is 4.74 Å². The molecule has 156 valence electrons. The van der Waals surface area contributed by atoms with Crippen LogP contribution < -0.4 is 0 Å². The van der Waals surface area contributed by atoms with Gasteiger partial charge in [0.15, 0.2) is 0 Å². The molecule has 0 N–H and O–H groups in total. The van der Waals surface area contributed by atoms with Crippen LogP contribution in [0.2, 0.25) is 0 Å². The predicted octanol–water partition coefficient (Wildman–Crippen LogP) is 0.761. The molecular formula is C22H25N5O3. The quantitative estimate of drug-likeness (QED) is 0.633. The maximum atomic E-state index is 13.3. The molecule has 1 spiro atoms. The van der Waals surface area contributed by atoms with E-state index in [-0.39, 0.29) is 17.9 Å². The lowest BCUT2D eigenvalue weighted by Crippen LogP contribution is -2.45. The van der Waals surface area contributed by atoms with E-state index >= 15 is 0 Å². The first-order valence-electron chi connectivity index (χ1n) is 10.3. The summed E-state index contributed by atoms with van der Waals surface area (Å²) in [6, 6.07) is 5.78. The monoisotopic (exact) mass is 407 g/mol. The first-order chi connectivity index (χ1) is 14.6. The average molecular weight is 407 g/mol. The number of likely N-dealkylation sites (tertiary alicyclic amines) is 1. The minimum Gasteiger partial charge on any atom is -0.360 e. The van der Waals surface area contributed by atoms with Gasteiger partial charge in [-0.1, -0.05) is 12.2 Å². The van der Waals surface area contributed by atoms with E-state index in [1.807, 2.05) is 41.4 Å². The number of carbonyl (C=O) groups excluding carboxylic acids is 2. The molecule has 0 radical (unpaired) electrons. The number of pyridine rings is 1. The fourth-order valence-corrected chi connectivity index (χ4v) is 4.91. The van der Waals surface area contributed by atoms with Crippen molar-refractivity contribution in [3.63, 3.8) is 0 Å². The third kappa shape index (κ3) is 3.11. The number of aromatic nitrogens is 3. The molecule has 2 fully saturated rings. The average Bonchev–Trinajstić information content (AvgIpc) is 3.53. The van der Waals surface area contributed by atoms with Gasteiger partial charge in [0.25, 0.3) is 0 Å². The summed E-state index contributed by atoms with van der Waals surface area (Å²) < 4.78 is 8.02. The van der Waals surface area contributed by atoms with Gasteiger partial charge in [0.2, 0.25) is 11.8 Å². The number of hydrogen-bond acceptors (Lipinski definition) is 5. The van der Waals surface area contributed by atoms with Crippen molar-refractivity contribution >= 4 is 11.8 Å². The van der Waals surface area contributed by atoms with Gasteiger partial charge in [-0.15, -0.1) is 0 Å². The van der Waals surface area contributed by atoms with Crippen LogP contribution in [0.5, 0.6) is 0 Å². The van der Waals surface area contributed by atoms with Crippen LogP contribution in [0.15, 0.2) is 55.1 Å². The summed E-state index contributed by atoms with van der Waals surface area (Å²) in [5.41, 5.74) is 0.475. The number of likely N-dealkylation sites (N-methyl/N-ethyl adjacent to an activating group) is 1. The Bertz CT molecular complexity index is 960. The zero-order valence-corrected chi connectivity index (χ0v) is 16.9. The number of rotatable bonds is 7. The minimum absolute atomic E-state index is 0.0229. The van der Waals surface area contributed by atoms with Crippen LogP contribution in [0.4, 0.5) is 0 Å². The molecule has 0 aliphatic carbocycles. The second-order valence-corrected chi connectivity index (χ2v) is 8.29. The Labute approximate surface area is 175 Å². The first-order valence-corrected chi connectivity index (χ1v) is 10.3. The van der Waals surface area contributed by atoms with Gasteiger partial charge in [0, 0.05) is 44.9 Å². The van der Waals surface area contributed by atoms with Crippen LogP contribution in [-0.4, -0.2) is 74.8 Å². The van der Waals surface area contributed by atoms with Gasteiger partial charge in [-0.2, -0.15) is 5.10 Å². The summed E-state index contributed by atoms with van der Waals surface area (Å²) >= 11 is 0. The third-order valence-corrected chi connectivity index (χ3v) is 6.48. The topological polar surface area (TPSA) is 80.6 Å². The second kappa shape index (κ2) is 7.36. The molecule has 0 aromatic carbocycles. The van der Waals surface area contributed by atoms with Crippen LogP contribution in [0.3, 0.4) is 0 Å². The van der Waals surface area contributed by atoms with Crippen LogP contribution >= 0.6 is 0 Å². The molecule has 8 heteroatoms. The maximum Gasteiger partial charge on any atom is 0.230 e. The zero-order valence-electron chi connectivity index (χ0n) is 16.9. The lowest BCUT2D eigenvalue weighted by atomic mass is 9.76. The smallest absolute Gasteiger partial charge is 0.230 e. The van der Waals surface area contributed by atoms with Crippen molar-refractivity contribution in [1.82, 2.24) is 24.6 Å². The van der Waals surface area contributed by atoms with Crippen molar-refractivity contribution in [2.75, 3.05) is 26.7 Å². The van der Waals surface area contributed by atoms with Crippen molar-refractivity contribution in [2.24, 2.45) is 11.8 Å². The zero-order chi connectivity index (χ0) is 20.7. The molecule has 2 aromatic heterocycles. The second-order valence-electron chi connectivity index (χ2n) is 8.29. The first kappa shape index (κ1) is 19.0. The highest BCUT2D eigenvalue weighted by Gasteiger charge is 2.66. The molecule has 3 aliphatic rings. The molecule has 4 atom stereocenters. The van der Waals surface area contributed by atoms with Gasteiger partial charge in [0.05, 0.1) is 31.0 Å². The van der Waals surface area contributed by atoms with Gasteiger partial charge in [-0.25, -0.2) is 0 Å². The van der Waals surface area contributed by atoms with E-state index in [1.165, 1.54) is 0 Å². The van der Waals surface area contributed by atoms with Gasteiger partial charge in [-0.05, 0) is 30.2 Å². The van der Waals surface area contributed by atoms with Crippen LogP contribution in [-0.2, 0) is 27.3 Å². The highest BCUT2D eigenvalue weighted by molar-refractivity contribution is 5.93. The largest absolute Gasteiger partial charge is 0.360 e. The van der Waals surface area contributed by atoms with E-state index in [1.54, 1.807) is 35.2 Å². The van der Waals surface area contributed by atoms with Crippen molar-refractivity contribution in [3.8, 4) is 0 Å². The van der Waals surface area contributed by atoms with E-state index in [2.05, 4.69) is 10.1 Å². The van der Waals surface area contributed by atoms with E-state index < -0.39 is 17.4 Å². The van der Waals surface area contributed by atoms with Gasteiger partial charge in [-0.3, -0.25) is 19.3 Å². The third-order valence-electron chi connectivity index (χ3n) is 6.48. The summed E-state index contributed by atoms with van der Waals surface area (Å²) in [6.45, 7) is 2.27. The number of ether oxygens (including phenoxy) is 1. The molecule has 8 nitrogen and oxygen atoms in total. The van der Waals surface area contributed by atoms with Crippen LogP contribution in [0, 0.1) is 11.8 Å². The highest BCUT2D eigenvalue weighted by Crippen LogP contribution is 2.52. The van der Waals surface area contributed by atoms with Crippen molar-refractivity contribution in [2.45, 2.75) is 24.7 Å². The van der Waals surface area contributed by atoms with Gasteiger partial charge < -0.3 is 14.5 Å². The number of hydrogen-bond donors (Lipinski definition) is 0. The fourth-order valence-electron chi connectivity index (χ4n) is 4.91. The van der Waals surface area contributed by atoms with Crippen molar-refractivity contribution in [3.05, 3.63) is 60.7 Å². The predicted molar refractivity (Wildman–Crippen MR) is 108 cm³/mol. The molecule has 0 saturated carbocycles. The van der Waals surface area contributed by atoms with Crippen LogP contribution in [0.1, 0.15) is 5.56 Å². The SMILES string of the molecule is CN(CCn1cccn1)C(=O)C1C2C(=O)N(CCc3ccncc3)C[C@@]23C=C[C@@H]1O3. The van der Waals surface area contributed by atoms with E-state index in [0.29, 0.717) is 26.2 Å². The molecule has 2 aromatic rings. The van der Waals surface area contributed by atoms with E-state index in [0.717, 1.165) is 12.0 Å². The van der Waals surface area contributed by atoms with Crippen molar-refractivity contribution in [1.29, 1.82) is 0 Å². The normalized spacial score (nSPS) is 28.9. The summed E-state index contributed by atoms with van der Waals surface area (Å²) in [4.78, 5) is 34.1. The standard InChI is InChI=1S/C22H25N5O3/c1-25(13-14-27-11-2-8-24-27)20(28)18-17-3-7-22(30-17)15-26(21(29)19(18)22)12-6-16-4-9-23-10-5-16/h2-5,7-11,17-19H,6,12-15H2,1H3/t17-,18?,19?,22-/m0/s1. The molecule has 2 bridgehead atoms. The number of nitrogens with zero attached hydrogens (tertiary/aromatic N) is 5. The number of fused-ring (bicyclic) bond motifs is 1. The molecule has 2 unspecified atom stereocenters. The summed E-state index contributed by atoms with van der Waals surface area (Å²) in [7, 11) is 1.79. The fraction of sp³-hybridized carbons (Fsp3) is 0.455. The Morgan fingerprint density at radius 2 is 2.13 bits per heavy atom. The Morgan fingerprint density at radius 3 is 2.90 bits per heavy atom. The summed E-state index contributed by atoms with van der Waals surface area (Å²) in [5, 5.41) is 4.18. The maximum absolute atomic E-state index is 13.3. The lowest BCUT2D eigenvalue weighted by molar-refractivity contribution is -0.142. The summed E-state index contributed by atoms with van der Waals surface area (Å²) in [5.74, 6) is -0.914. The number of amides is 2. The lowest BCUT2D eigenvalue weighted by Gasteiger charge is -2.27. The van der Waals surface area contributed by atoms with Gasteiger partial charge >= 0.3 is 0 Å². The van der Waals surface area contributed by atoms with Crippen molar-refractivity contribution < 1.29 is 14.3 Å². The number of carbonyl (C=O) groups is 2.